The molecule has 0 amide bonds. The number of rotatable bonds is 7. The third kappa shape index (κ3) is 6.02. The van der Waals surface area contributed by atoms with Crippen LogP contribution in [0.5, 0.6) is 0 Å². The van der Waals surface area contributed by atoms with E-state index in [0.29, 0.717) is 5.56 Å². The van der Waals surface area contributed by atoms with Crippen LogP contribution in [0, 0.1) is 11.3 Å². The molecule has 3 heterocycles. The monoisotopic (exact) mass is 814 g/mol. The summed E-state index contributed by atoms with van der Waals surface area (Å²) in [5.41, 5.74) is 17.9. The molecule has 4 heteroatoms. The van der Waals surface area contributed by atoms with Crippen LogP contribution in [-0.4, -0.2) is 14.1 Å². The maximum absolute atomic E-state index is 11.2. The van der Waals surface area contributed by atoms with Gasteiger partial charge in [0.05, 0.1) is 39.0 Å². The molecule has 0 aliphatic carbocycles. The quantitative estimate of drug-likeness (QED) is 0.161. The Balaban J connectivity index is 1.08. The molecule has 4 nitrogen and oxygen atoms in total. The van der Waals surface area contributed by atoms with Crippen molar-refractivity contribution in [2.75, 3.05) is 0 Å². The summed E-state index contributed by atoms with van der Waals surface area (Å²) in [6.07, 6.45) is 3.68. The minimum absolute atomic E-state index is 0.577. The summed E-state index contributed by atoms with van der Waals surface area (Å²) in [5, 5.41) is 15.7. The Morgan fingerprint density at radius 2 is 0.719 bits per heavy atom. The zero-order valence-electron chi connectivity index (χ0n) is 34.7. The first-order chi connectivity index (χ1) is 31.7. The smallest absolute Gasteiger partial charge is 0.101 e. The number of nitrogens with zero attached hydrogens (tertiary/aromatic N) is 4. The van der Waals surface area contributed by atoms with E-state index in [9.17, 15) is 5.26 Å². The summed E-state index contributed by atoms with van der Waals surface area (Å²) in [6.45, 7) is 0. The molecule has 0 spiro atoms. The second-order valence-electron chi connectivity index (χ2n) is 16.2. The Morgan fingerprint density at radius 3 is 1.22 bits per heavy atom. The van der Waals surface area contributed by atoms with Crippen molar-refractivity contribution in [2.24, 2.45) is 0 Å². The molecule has 0 fully saturated rings. The van der Waals surface area contributed by atoms with Gasteiger partial charge >= 0.3 is 0 Å². The van der Waals surface area contributed by atoms with Gasteiger partial charge in [-0.1, -0.05) is 158 Å². The van der Waals surface area contributed by atoms with Gasteiger partial charge in [-0.25, -0.2) is 0 Å². The van der Waals surface area contributed by atoms with E-state index in [-0.39, 0.29) is 0 Å². The van der Waals surface area contributed by atoms with Gasteiger partial charge in [-0.15, -0.1) is 0 Å². The fourth-order valence-electron chi connectivity index (χ4n) is 9.81. The Morgan fingerprint density at radius 1 is 0.312 bits per heavy atom. The van der Waals surface area contributed by atoms with Crippen molar-refractivity contribution in [2.45, 2.75) is 0 Å². The molecule has 0 saturated heterocycles. The molecular weight excluding hydrogens is 777 g/mol. The summed E-state index contributed by atoms with van der Waals surface area (Å²) >= 11 is 0. The third-order valence-electron chi connectivity index (χ3n) is 12.7. The number of nitriles is 1. The second-order valence-corrected chi connectivity index (χ2v) is 16.2. The molecule has 3 aromatic heterocycles. The van der Waals surface area contributed by atoms with Gasteiger partial charge in [0.25, 0.3) is 0 Å². The van der Waals surface area contributed by atoms with E-state index in [4.69, 9.17) is 0 Å². The van der Waals surface area contributed by atoms with E-state index in [1.807, 2.05) is 12.4 Å². The van der Waals surface area contributed by atoms with Gasteiger partial charge in [-0.3, -0.25) is 4.98 Å². The van der Waals surface area contributed by atoms with Gasteiger partial charge in [0.2, 0.25) is 0 Å². The lowest BCUT2D eigenvalue weighted by Gasteiger charge is -2.19. The lowest BCUT2D eigenvalue weighted by atomic mass is 9.94. The zero-order chi connectivity index (χ0) is 42.6. The normalized spacial score (nSPS) is 11.4. The van der Waals surface area contributed by atoms with Gasteiger partial charge in [0, 0.05) is 39.5 Å². The van der Waals surface area contributed by atoms with Crippen LogP contribution in [0.1, 0.15) is 5.56 Å². The molecule has 0 aliphatic heterocycles. The van der Waals surface area contributed by atoms with Crippen LogP contribution in [0.15, 0.2) is 231 Å². The topological polar surface area (TPSA) is 46.5 Å². The first-order valence-corrected chi connectivity index (χ1v) is 21.6. The molecular formula is C60H38N4. The highest BCUT2D eigenvalue weighted by molar-refractivity contribution is 6.13. The molecule has 12 aromatic rings. The van der Waals surface area contributed by atoms with Crippen LogP contribution in [0.2, 0.25) is 0 Å². The predicted octanol–water partition coefficient (Wildman–Crippen LogP) is 15.5. The highest BCUT2D eigenvalue weighted by Gasteiger charge is 2.23. The minimum Gasteiger partial charge on any atom is -0.309 e. The van der Waals surface area contributed by atoms with Crippen LogP contribution in [0.3, 0.4) is 0 Å². The van der Waals surface area contributed by atoms with Gasteiger partial charge in [0.15, 0.2) is 0 Å². The van der Waals surface area contributed by atoms with E-state index in [0.717, 1.165) is 77.2 Å². The molecule has 0 unspecified atom stereocenters. The summed E-state index contributed by atoms with van der Waals surface area (Å²) in [5.74, 6) is 0. The fraction of sp³-hybridized carbons (Fsp3) is 0. The second kappa shape index (κ2) is 15.3. The average molecular weight is 815 g/mol. The van der Waals surface area contributed by atoms with Crippen molar-refractivity contribution in [3.8, 4) is 73.1 Å². The number of para-hydroxylation sites is 2. The van der Waals surface area contributed by atoms with Crippen LogP contribution in [0.4, 0.5) is 0 Å². The van der Waals surface area contributed by atoms with E-state index in [1.165, 1.54) is 33.4 Å². The molecule has 64 heavy (non-hydrogen) atoms. The van der Waals surface area contributed by atoms with Gasteiger partial charge in [-0.2, -0.15) is 5.26 Å². The van der Waals surface area contributed by atoms with Crippen molar-refractivity contribution in [3.63, 3.8) is 0 Å². The Labute approximate surface area is 370 Å². The molecule has 0 radical (unpaired) electrons. The first kappa shape index (κ1) is 37.0. The molecule has 0 aliphatic rings. The highest BCUT2D eigenvalue weighted by Crippen LogP contribution is 2.43. The molecule has 12 rings (SSSR count). The summed E-state index contributed by atoms with van der Waals surface area (Å²) in [6, 6.07) is 80.1. The van der Waals surface area contributed by atoms with Crippen molar-refractivity contribution in [1.82, 2.24) is 14.1 Å². The number of fused-ring (bicyclic) bond motifs is 6. The average Bonchev–Trinajstić information content (AvgIpc) is 3.88. The van der Waals surface area contributed by atoms with Crippen LogP contribution < -0.4 is 0 Å². The van der Waals surface area contributed by atoms with E-state index in [1.54, 1.807) is 0 Å². The molecule has 298 valence electrons. The maximum Gasteiger partial charge on any atom is 0.101 e. The lowest BCUT2D eigenvalue weighted by Crippen LogP contribution is -2.04. The largest absolute Gasteiger partial charge is 0.309 e. The van der Waals surface area contributed by atoms with Gasteiger partial charge < -0.3 is 9.13 Å². The molecule has 0 bridgehead atoms. The Bertz CT molecular complexity index is 3780. The minimum atomic E-state index is 0.577. The number of hydrogen-bond acceptors (Lipinski definition) is 2. The number of hydrogen-bond donors (Lipinski definition) is 0. The predicted molar refractivity (Wildman–Crippen MR) is 265 cm³/mol. The van der Waals surface area contributed by atoms with Crippen molar-refractivity contribution >= 4 is 43.6 Å². The number of benzene rings is 9. The van der Waals surface area contributed by atoms with Crippen molar-refractivity contribution in [3.05, 3.63) is 236 Å². The third-order valence-corrected chi connectivity index (χ3v) is 12.7. The van der Waals surface area contributed by atoms with Gasteiger partial charge in [0.1, 0.15) is 6.07 Å². The Kier molecular flexibility index (Phi) is 8.84. The molecule has 9 aromatic carbocycles. The number of aromatic nitrogens is 3. The summed E-state index contributed by atoms with van der Waals surface area (Å²) < 4.78 is 4.60. The fourth-order valence-corrected chi connectivity index (χ4v) is 9.81. The van der Waals surface area contributed by atoms with Crippen molar-refractivity contribution in [1.29, 1.82) is 5.26 Å². The standard InChI is InChI=1S/C60H38N4/c61-39-45-37-60(64-56-26-14-12-24-51(56)54-36-44(28-30-58(54)64)49-22-10-8-20-47(49)41-17-5-2-6-18-41)52(42-31-33-62-34-32-42)38-59(45)63-55-25-13-11-23-50(55)53-35-43(27-29-57(53)63)48-21-9-7-19-46(48)40-15-3-1-4-16-40/h1-38H. The number of pyridine rings is 1. The van der Waals surface area contributed by atoms with E-state index >= 15 is 0 Å². The van der Waals surface area contributed by atoms with Crippen LogP contribution in [0.25, 0.3) is 111 Å². The van der Waals surface area contributed by atoms with Crippen LogP contribution >= 0.6 is 0 Å². The van der Waals surface area contributed by atoms with E-state index in [2.05, 4.69) is 239 Å². The molecule has 0 N–H and O–H groups in total. The SMILES string of the molecule is N#Cc1cc(-n2c3ccccc3c3cc(-c4ccccc4-c4ccccc4)ccc32)c(-c2ccncc2)cc1-n1c2ccccc2c2cc(-c3ccccc3-c3ccccc3)ccc21. The highest BCUT2D eigenvalue weighted by atomic mass is 15.0. The zero-order valence-corrected chi connectivity index (χ0v) is 34.7. The lowest BCUT2D eigenvalue weighted by molar-refractivity contribution is 1.13. The first-order valence-electron chi connectivity index (χ1n) is 21.6. The summed E-state index contributed by atoms with van der Waals surface area (Å²) in [4.78, 5) is 4.41. The molecule has 0 atom stereocenters. The van der Waals surface area contributed by atoms with E-state index < -0.39 is 0 Å². The Hall–Kier alpha value is -8.78. The van der Waals surface area contributed by atoms with Crippen molar-refractivity contribution < 1.29 is 0 Å². The maximum atomic E-state index is 11.2. The van der Waals surface area contributed by atoms with Crippen LogP contribution in [-0.2, 0) is 0 Å². The summed E-state index contributed by atoms with van der Waals surface area (Å²) in [7, 11) is 0. The van der Waals surface area contributed by atoms with Gasteiger partial charge in [-0.05, 0) is 111 Å². The molecule has 0 saturated carbocycles.